The number of hydrogen-bond donors (Lipinski definition) is 0. The number of hydrogen-bond acceptors (Lipinski definition) is 2. The molecule has 0 aliphatic heterocycles. The molecule has 3 rings (SSSR count). The molecule has 3 aromatic rings. The minimum absolute atomic E-state index is 0.771. The second-order valence-corrected chi connectivity index (χ2v) is 5.21. The molecule has 19 heavy (non-hydrogen) atoms. The zero-order valence-electron chi connectivity index (χ0n) is 10.2. The van der Waals surface area contributed by atoms with E-state index in [1.807, 2.05) is 47.5 Å². The Labute approximate surface area is 120 Å². The van der Waals surface area contributed by atoms with Gasteiger partial charge in [0.2, 0.25) is 0 Å². The number of rotatable bonds is 3. The van der Waals surface area contributed by atoms with Gasteiger partial charge in [-0.1, -0.05) is 34.1 Å². The molecule has 0 saturated carbocycles. The third-order valence-electron chi connectivity index (χ3n) is 2.89. The fraction of sp³-hybridized carbons (Fsp3) is 0.0667. The lowest BCUT2D eigenvalue weighted by atomic mass is 10.2. The molecular formula is C15H12BrN3. The van der Waals surface area contributed by atoms with E-state index in [-0.39, 0.29) is 0 Å². The molecular weight excluding hydrogens is 302 g/mol. The Balaban J connectivity index is 1.80. The van der Waals surface area contributed by atoms with Gasteiger partial charge in [-0.15, -0.1) is 0 Å². The molecule has 0 aliphatic rings. The predicted molar refractivity (Wildman–Crippen MR) is 78.7 cm³/mol. The standard InChI is InChI=1S/C15H12BrN3/c16-15-5-3-12(4-6-15)10-19-11-14(9-18-19)13-2-1-7-17-8-13/h1-9,11H,10H2. The van der Waals surface area contributed by atoms with E-state index in [1.165, 1.54) is 5.56 Å². The Morgan fingerprint density at radius 3 is 2.58 bits per heavy atom. The minimum atomic E-state index is 0.771. The highest BCUT2D eigenvalue weighted by Crippen LogP contribution is 2.17. The third kappa shape index (κ3) is 2.90. The minimum Gasteiger partial charge on any atom is -0.268 e. The van der Waals surface area contributed by atoms with Gasteiger partial charge in [0.1, 0.15) is 0 Å². The van der Waals surface area contributed by atoms with Gasteiger partial charge < -0.3 is 0 Å². The van der Waals surface area contributed by atoms with Crippen molar-refractivity contribution in [3.05, 3.63) is 71.2 Å². The number of aromatic nitrogens is 3. The first kappa shape index (κ1) is 12.1. The van der Waals surface area contributed by atoms with Gasteiger partial charge in [0.25, 0.3) is 0 Å². The van der Waals surface area contributed by atoms with E-state index in [0.29, 0.717) is 0 Å². The summed E-state index contributed by atoms with van der Waals surface area (Å²) >= 11 is 3.44. The largest absolute Gasteiger partial charge is 0.268 e. The maximum atomic E-state index is 4.39. The number of halogens is 1. The van der Waals surface area contributed by atoms with Crippen molar-refractivity contribution < 1.29 is 0 Å². The SMILES string of the molecule is Brc1ccc(Cn2cc(-c3cccnc3)cn2)cc1. The second kappa shape index (κ2) is 5.36. The smallest absolute Gasteiger partial charge is 0.0659 e. The van der Waals surface area contributed by atoms with Crippen LogP contribution in [0.15, 0.2) is 65.7 Å². The molecule has 0 fully saturated rings. The molecule has 0 saturated heterocycles. The molecule has 0 spiro atoms. The Bertz CT molecular complexity index is 659. The summed E-state index contributed by atoms with van der Waals surface area (Å²) in [7, 11) is 0. The molecule has 4 heteroatoms. The van der Waals surface area contributed by atoms with Crippen LogP contribution in [0.1, 0.15) is 5.56 Å². The number of benzene rings is 1. The summed E-state index contributed by atoms with van der Waals surface area (Å²) in [5.41, 5.74) is 3.40. The summed E-state index contributed by atoms with van der Waals surface area (Å²) in [5.74, 6) is 0. The monoisotopic (exact) mass is 313 g/mol. The summed E-state index contributed by atoms with van der Waals surface area (Å²) < 4.78 is 3.03. The van der Waals surface area contributed by atoms with Crippen LogP contribution < -0.4 is 0 Å². The Morgan fingerprint density at radius 1 is 1.00 bits per heavy atom. The van der Waals surface area contributed by atoms with Crippen LogP contribution in [-0.4, -0.2) is 14.8 Å². The fourth-order valence-electron chi connectivity index (χ4n) is 1.91. The van der Waals surface area contributed by atoms with E-state index in [4.69, 9.17) is 0 Å². The van der Waals surface area contributed by atoms with E-state index < -0.39 is 0 Å². The van der Waals surface area contributed by atoms with Gasteiger partial charge in [0.05, 0.1) is 12.7 Å². The van der Waals surface area contributed by atoms with Crippen molar-refractivity contribution in [1.82, 2.24) is 14.8 Å². The molecule has 3 nitrogen and oxygen atoms in total. The molecule has 0 radical (unpaired) electrons. The average molecular weight is 314 g/mol. The summed E-state index contributed by atoms with van der Waals surface area (Å²) in [6.07, 6.45) is 7.53. The quantitative estimate of drug-likeness (QED) is 0.737. The van der Waals surface area contributed by atoms with Crippen LogP contribution in [-0.2, 0) is 6.54 Å². The summed E-state index contributed by atoms with van der Waals surface area (Å²) in [5, 5.41) is 4.39. The Kier molecular flexibility index (Phi) is 3.42. The lowest BCUT2D eigenvalue weighted by molar-refractivity contribution is 0.687. The highest BCUT2D eigenvalue weighted by atomic mass is 79.9. The highest BCUT2D eigenvalue weighted by Gasteiger charge is 2.02. The van der Waals surface area contributed by atoms with Gasteiger partial charge >= 0.3 is 0 Å². The lowest BCUT2D eigenvalue weighted by Gasteiger charge is -2.01. The van der Waals surface area contributed by atoms with Gasteiger partial charge in [-0.25, -0.2) is 0 Å². The van der Waals surface area contributed by atoms with E-state index in [0.717, 1.165) is 22.1 Å². The maximum absolute atomic E-state index is 4.39. The normalized spacial score (nSPS) is 10.6. The molecule has 0 bridgehead atoms. The van der Waals surface area contributed by atoms with Crippen molar-refractivity contribution in [2.24, 2.45) is 0 Å². The van der Waals surface area contributed by atoms with Crippen LogP contribution in [0.2, 0.25) is 0 Å². The zero-order valence-corrected chi connectivity index (χ0v) is 11.8. The third-order valence-corrected chi connectivity index (χ3v) is 3.41. The fourth-order valence-corrected chi connectivity index (χ4v) is 2.17. The van der Waals surface area contributed by atoms with Gasteiger partial charge in [0, 0.05) is 34.2 Å². The van der Waals surface area contributed by atoms with Crippen LogP contribution in [0.4, 0.5) is 0 Å². The molecule has 0 unspecified atom stereocenters. The molecule has 0 aliphatic carbocycles. The van der Waals surface area contributed by atoms with E-state index in [1.54, 1.807) is 6.20 Å². The van der Waals surface area contributed by atoms with Crippen LogP contribution in [0, 0.1) is 0 Å². The molecule has 94 valence electrons. The molecule has 0 N–H and O–H groups in total. The van der Waals surface area contributed by atoms with Crippen molar-refractivity contribution in [2.75, 3.05) is 0 Å². The van der Waals surface area contributed by atoms with E-state index in [2.05, 4.69) is 38.1 Å². The van der Waals surface area contributed by atoms with Crippen molar-refractivity contribution >= 4 is 15.9 Å². The maximum Gasteiger partial charge on any atom is 0.0659 e. The predicted octanol–water partition coefficient (Wildman–Crippen LogP) is 3.76. The van der Waals surface area contributed by atoms with Crippen molar-refractivity contribution in [2.45, 2.75) is 6.54 Å². The van der Waals surface area contributed by atoms with E-state index >= 15 is 0 Å². The van der Waals surface area contributed by atoms with Crippen molar-refractivity contribution in [3.63, 3.8) is 0 Å². The first-order valence-electron chi connectivity index (χ1n) is 5.98. The van der Waals surface area contributed by atoms with Crippen LogP contribution in [0.3, 0.4) is 0 Å². The summed E-state index contributed by atoms with van der Waals surface area (Å²) in [6, 6.07) is 12.2. The van der Waals surface area contributed by atoms with Gasteiger partial charge in [-0.05, 0) is 23.8 Å². The molecule has 2 aromatic heterocycles. The van der Waals surface area contributed by atoms with Gasteiger partial charge in [-0.3, -0.25) is 9.67 Å². The van der Waals surface area contributed by atoms with Crippen molar-refractivity contribution in [1.29, 1.82) is 0 Å². The zero-order chi connectivity index (χ0) is 13.1. The first-order valence-corrected chi connectivity index (χ1v) is 6.78. The van der Waals surface area contributed by atoms with Gasteiger partial charge in [-0.2, -0.15) is 5.10 Å². The van der Waals surface area contributed by atoms with Gasteiger partial charge in [0.15, 0.2) is 0 Å². The second-order valence-electron chi connectivity index (χ2n) is 4.29. The first-order chi connectivity index (χ1) is 9.31. The highest BCUT2D eigenvalue weighted by molar-refractivity contribution is 9.10. The molecule has 0 atom stereocenters. The van der Waals surface area contributed by atoms with Crippen LogP contribution in [0.5, 0.6) is 0 Å². The Hall–Kier alpha value is -1.94. The average Bonchev–Trinajstić information content (AvgIpc) is 2.91. The summed E-state index contributed by atoms with van der Waals surface area (Å²) in [6.45, 7) is 0.771. The molecule has 0 amide bonds. The number of nitrogens with zero attached hydrogens (tertiary/aromatic N) is 3. The van der Waals surface area contributed by atoms with Crippen LogP contribution >= 0.6 is 15.9 Å². The molecule has 1 aromatic carbocycles. The topological polar surface area (TPSA) is 30.7 Å². The number of pyridine rings is 1. The molecule has 2 heterocycles. The summed E-state index contributed by atoms with van der Waals surface area (Å²) in [4.78, 5) is 4.12. The van der Waals surface area contributed by atoms with Crippen LogP contribution in [0.25, 0.3) is 11.1 Å². The van der Waals surface area contributed by atoms with E-state index in [9.17, 15) is 0 Å². The van der Waals surface area contributed by atoms with Crippen molar-refractivity contribution in [3.8, 4) is 11.1 Å². The Morgan fingerprint density at radius 2 is 1.84 bits per heavy atom. The lowest BCUT2D eigenvalue weighted by Crippen LogP contribution is -1.99.